The van der Waals surface area contributed by atoms with Gasteiger partial charge in [-0.15, -0.1) is 0 Å². The molecule has 2 aliphatic heterocycles. The molecule has 2 atom stereocenters. The Kier molecular flexibility index (Phi) is 7.20. The van der Waals surface area contributed by atoms with E-state index in [1.807, 2.05) is 0 Å². The average molecular weight is 572 g/mol. The largest absolute Gasteiger partial charge is 0.489 e. The first kappa shape index (κ1) is 27.7. The Hall–Kier alpha value is -4.81. The van der Waals surface area contributed by atoms with Crippen molar-refractivity contribution in [2.24, 2.45) is 0 Å². The lowest BCUT2D eigenvalue weighted by molar-refractivity contribution is -0.384. The van der Waals surface area contributed by atoms with Gasteiger partial charge in [-0.3, -0.25) is 24.6 Å². The normalized spacial score (nSPS) is 17.1. The number of ether oxygens (including phenoxy) is 3. The van der Waals surface area contributed by atoms with Crippen molar-refractivity contribution in [3.63, 3.8) is 0 Å². The van der Waals surface area contributed by atoms with Gasteiger partial charge in [-0.05, 0) is 36.8 Å². The summed E-state index contributed by atoms with van der Waals surface area (Å²) in [5, 5.41) is 14.5. The number of fused-ring (bicyclic) bond motifs is 2. The second-order valence-corrected chi connectivity index (χ2v) is 9.49. The highest BCUT2D eigenvalue weighted by atomic mass is 19.4. The number of rotatable bonds is 7. The summed E-state index contributed by atoms with van der Waals surface area (Å²) in [6.45, 7) is 3.03. The molecule has 0 fully saturated rings. The van der Waals surface area contributed by atoms with Crippen LogP contribution in [0.25, 0.3) is 0 Å². The number of nitrogens with zero attached hydrogens (tertiary/aromatic N) is 2. The zero-order valence-electron chi connectivity index (χ0n) is 21.9. The molecule has 2 heterocycles. The maximum absolute atomic E-state index is 13.9. The van der Waals surface area contributed by atoms with Crippen LogP contribution < -0.4 is 19.7 Å². The van der Waals surface area contributed by atoms with E-state index in [1.54, 1.807) is 32.0 Å². The number of nitro benzene ring substituents is 1. The van der Waals surface area contributed by atoms with Crippen LogP contribution >= 0.6 is 0 Å². The van der Waals surface area contributed by atoms with Crippen LogP contribution in [0.5, 0.6) is 11.5 Å². The van der Waals surface area contributed by atoms with Crippen LogP contribution in [0.2, 0.25) is 0 Å². The molecule has 3 aromatic carbocycles. The van der Waals surface area contributed by atoms with Crippen LogP contribution in [0, 0.1) is 17.0 Å². The van der Waals surface area contributed by atoms with Crippen molar-refractivity contribution in [3.8, 4) is 11.5 Å². The van der Waals surface area contributed by atoms with Crippen LogP contribution in [0.15, 0.2) is 54.6 Å². The van der Waals surface area contributed by atoms with E-state index in [0.717, 1.165) is 0 Å². The van der Waals surface area contributed by atoms with E-state index in [-0.39, 0.29) is 59.4 Å². The van der Waals surface area contributed by atoms with E-state index >= 15 is 0 Å². The average Bonchev–Trinajstić information content (AvgIpc) is 3.54. The standard InChI is InChI=1S/C28H24F3N3O7/c1-3-25(35)41-24-14-39-23-12-16(8-9-18(23)24)33(27(36)28(29,30)31)22-13-40-26-17(22)5-4-6-20(26)32-19-10-7-15(2)11-21(19)34(37)38/h4-12,22,24,32H,3,13-14H2,1-2H3/t22?,24-/m1/s1. The third-order valence-corrected chi connectivity index (χ3v) is 6.76. The highest BCUT2D eigenvalue weighted by molar-refractivity contribution is 5.98. The Morgan fingerprint density at radius 3 is 2.56 bits per heavy atom. The number of benzene rings is 3. The van der Waals surface area contributed by atoms with Gasteiger partial charge in [0.05, 0.1) is 16.7 Å². The van der Waals surface area contributed by atoms with Crippen molar-refractivity contribution in [1.29, 1.82) is 0 Å². The molecule has 1 amide bonds. The van der Waals surface area contributed by atoms with E-state index in [0.29, 0.717) is 16.0 Å². The number of nitrogens with one attached hydrogen (secondary N) is 1. The first-order valence-electron chi connectivity index (χ1n) is 12.6. The number of halogens is 3. The summed E-state index contributed by atoms with van der Waals surface area (Å²) in [6, 6.07) is 12.2. The van der Waals surface area contributed by atoms with Gasteiger partial charge in [0.25, 0.3) is 5.69 Å². The summed E-state index contributed by atoms with van der Waals surface area (Å²) in [6.07, 6.45) is -5.78. The second-order valence-electron chi connectivity index (χ2n) is 9.49. The number of anilines is 3. The number of carbonyl (C=O) groups is 2. The quantitative estimate of drug-likeness (QED) is 0.206. The Balaban J connectivity index is 1.51. The minimum absolute atomic E-state index is 0.00665. The fourth-order valence-corrected chi connectivity index (χ4v) is 4.82. The van der Waals surface area contributed by atoms with Gasteiger partial charge in [-0.2, -0.15) is 13.2 Å². The number of esters is 1. The molecular weight excluding hydrogens is 547 g/mol. The molecule has 3 aromatic rings. The highest BCUT2D eigenvalue weighted by Gasteiger charge is 2.48. The fraction of sp³-hybridized carbons (Fsp3) is 0.286. The number of amides is 1. The molecule has 2 aliphatic rings. The Morgan fingerprint density at radius 2 is 1.85 bits per heavy atom. The van der Waals surface area contributed by atoms with Gasteiger partial charge in [-0.1, -0.05) is 25.1 Å². The van der Waals surface area contributed by atoms with E-state index in [1.165, 1.54) is 36.4 Å². The van der Waals surface area contributed by atoms with Gasteiger partial charge < -0.3 is 19.5 Å². The zero-order chi connectivity index (χ0) is 29.5. The van der Waals surface area contributed by atoms with Gasteiger partial charge in [0.15, 0.2) is 6.10 Å². The monoisotopic (exact) mass is 571 g/mol. The maximum atomic E-state index is 13.9. The summed E-state index contributed by atoms with van der Waals surface area (Å²) in [4.78, 5) is 36.2. The smallest absolute Gasteiger partial charge is 0.471 e. The minimum Gasteiger partial charge on any atom is -0.489 e. The third kappa shape index (κ3) is 5.34. The van der Waals surface area contributed by atoms with E-state index in [2.05, 4.69) is 5.32 Å². The van der Waals surface area contributed by atoms with Gasteiger partial charge in [0, 0.05) is 35.4 Å². The van der Waals surface area contributed by atoms with Crippen molar-refractivity contribution < 1.29 is 41.9 Å². The third-order valence-electron chi connectivity index (χ3n) is 6.76. The van der Waals surface area contributed by atoms with Crippen LogP contribution in [0.1, 0.15) is 42.2 Å². The lowest BCUT2D eigenvalue weighted by Crippen LogP contribution is -2.44. The number of para-hydroxylation sites is 1. The summed E-state index contributed by atoms with van der Waals surface area (Å²) in [5.41, 5.74) is 1.59. The molecule has 0 aromatic heterocycles. The molecule has 0 saturated carbocycles. The Morgan fingerprint density at radius 1 is 1.07 bits per heavy atom. The summed E-state index contributed by atoms with van der Waals surface area (Å²) in [7, 11) is 0. The van der Waals surface area contributed by atoms with Gasteiger partial charge in [0.1, 0.15) is 30.4 Å². The maximum Gasteiger partial charge on any atom is 0.471 e. The van der Waals surface area contributed by atoms with E-state index < -0.39 is 35.1 Å². The van der Waals surface area contributed by atoms with E-state index in [9.17, 15) is 32.9 Å². The van der Waals surface area contributed by atoms with Crippen LogP contribution in [-0.4, -0.2) is 36.2 Å². The zero-order valence-corrected chi connectivity index (χ0v) is 21.9. The Bertz CT molecular complexity index is 1540. The molecule has 13 heteroatoms. The number of aryl methyl sites for hydroxylation is 1. The number of alkyl halides is 3. The summed E-state index contributed by atoms with van der Waals surface area (Å²) < 4.78 is 58.3. The molecular formula is C28H24F3N3O7. The first-order chi connectivity index (χ1) is 19.5. The predicted molar refractivity (Wildman–Crippen MR) is 140 cm³/mol. The number of carbonyl (C=O) groups excluding carboxylic acids is 2. The second kappa shape index (κ2) is 10.6. The molecule has 214 valence electrons. The van der Waals surface area contributed by atoms with E-state index in [4.69, 9.17) is 14.2 Å². The molecule has 1 unspecified atom stereocenters. The highest BCUT2D eigenvalue weighted by Crippen LogP contribution is 2.47. The molecule has 0 saturated heterocycles. The molecule has 1 N–H and O–H groups in total. The van der Waals surface area contributed by atoms with Crippen molar-refractivity contribution in [2.75, 3.05) is 23.4 Å². The van der Waals surface area contributed by atoms with Crippen molar-refractivity contribution in [1.82, 2.24) is 0 Å². The van der Waals surface area contributed by atoms with Crippen molar-refractivity contribution in [3.05, 3.63) is 81.4 Å². The molecule has 41 heavy (non-hydrogen) atoms. The lowest BCUT2D eigenvalue weighted by Gasteiger charge is -2.29. The molecule has 10 nitrogen and oxygen atoms in total. The molecule has 0 spiro atoms. The fourth-order valence-electron chi connectivity index (χ4n) is 4.82. The Labute approximate surface area is 231 Å². The van der Waals surface area contributed by atoms with Gasteiger partial charge in [-0.25, -0.2) is 0 Å². The number of nitro groups is 1. The minimum atomic E-state index is -5.21. The predicted octanol–water partition coefficient (Wildman–Crippen LogP) is 6.06. The summed E-state index contributed by atoms with van der Waals surface area (Å²) >= 11 is 0. The number of hydrogen-bond acceptors (Lipinski definition) is 8. The van der Waals surface area contributed by atoms with Crippen LogP contribution in [-0.2, 0) is 14.3 Å². The molecule has 0 bridgehead atoms. The lowest BCUT2D eigenvalue weighted by atomic mass is 10.0. The number of hydrogen-bond donors (Lipinski definition) is 1. The van der Waals surface area contributed by atoms with Gasteiger partial charge in [0.2, 0.25) is 0 Å². The molecule has 0 radical (unpaired) electrons. The van der Waals surface area contributed by atoms with Crippen LogP contribution in [0.3, 0.4) is 0 Å². The summed E-state index contributed by atoms with van der Waals surface area (Å²) in [5.74, 6) is -2.21. The first-order valence-corrected chi connectivity index (χ1v) is 12.6. The van der Waals surface area contributed by atoms with Crippen LogP contribution in [0.4, 0.5) is 35.9 Å². The molecule has 5 rings (SSSR count). The molecule has 0 aliphatic carbocycles. The topological polar surface area (TPSA) is 120 Å². The SMILES string of the molecule is CCC(=O)O[C@@H]1COc2cc(N(C(=O)C(F)(F)F)C3COc4c(Nc5ccc(C)cc5[N+](=O)[O-])cccc43)ccc21. The van der Waals surface area contributed by atoms with Crippen molar-refractivity contribution in [2.45, 2.75) is 38.6 Å². The van der Waals surface area contributed by atoms with Crippen molar-refractivity contribution >= 4 is 34.6 Å². The van der Waals surface area contributed by atoms with Gasteiger partial charge >= 0.3 is 18.1 Å².